The molecule has 1 amide bonds. The van der Waals surface area contributed by atoms with Gasteiger partial charge in [-0.25, -0.2) is 9.97 Å². The smallest absolute Gasteiger partial charge is 0.225 e. The zero-order valence-corrected chi connectivity index (χ0v) is 18.1. The average molecular weight is 433 g/mol. The van der Waals surface area contributed by atoms with E-state index in [2.05, 4.69) is 54.3 Å². The van der Waals surface area contributed by atoms with Gasteiger partial charge in [0.1, 0.15) is 5.52 Å². The topological polar surface area (TPSA) is 83.5 Å². The molecule has 1 N–H and O–H groups in total. The zero-order chi connectivity index (χ0) is 21.8. The van der Waals surface area contributed by atoms with Crippen LogP contribution in [0.1, 0.15) is 18.4 Å². The van der Waals surface area contributed by atoms with Crippen molar-refractivity contribution in [1.29, 1.82) is 0 Å². The molecule has 32 heavy (non-hydrogen) atoms. The molecule has 3 aromatic rings. The second-order valence-electron chi connectivity index (χ2n) is 8.36. The summed E-state index contributed by atoms with van der Waals surface area (Å²) in [5.41, 5.74) is 4.73. The summed E-state index contributed by atoms with van der Waals surface area (Å²) in [6, 6.07) is 10.5. The molecule has 0 bridgehead atoms. The number of carbonyl (C=O) groups excluding carboxylic acids is 1. The van der Waals surface area contributed by atoms with Gasteiger partial charge in [0.05, 0.1) is 31.0 Å². The van der Waals surface area contributed by atoms with Gasteiger partial charge in [-0.2, -0.15) is 0 Å². The van der Waals surface area contributed by atoms with Crippen LogP contribution in [0, 0.1) is 5.92 Å². The molecule has 2 aliphatic rings. The Morgan fingerprint density at radius 3 is 2.66 bits per heavy atom. The highest BCUT2D eigenvalue weighted by Crippen LogP contribution is 2.24. The number of morpholine rings is 1. The first-order chi connectivity index (χ1) is 15.8. The maximum absolute atomic E-state index is 12.9. The number of fused-ring (bicyclic) bond motifs is 1. The van der Waals surface area contributed by atoms with E-state index in [9.17, 15) is 4.79 Å². The van der Waals surface area contributed by atoms with Gasteiger partial charge >= 0.3 is 0 Å². The third-order valence-corrected chi connectivity index (χ3v) is 6.25. The molecule has 8 heteroatoms. The molecule has 8 nitrogen and oxygen atoms in total. The summed E-state index contributed by atoms with van der Waals surface area (Å²) in [6.07, 6.45) is 7.03. The first-order valence-corrected chi connectivity index (χ1v) is 11.3. The number of aromatic nitrogens is 3. The first-order valence-electron chi connectivity index (χ1n) is 11.3. The third kappa shape index (κ3) is 4.65. The Morgan fingerprint density at radius 2 is 1.81 bits per heavy atom. The monoisotopic (exact) mass is 432 g/mol. The Labute approximate surface area is 187 Å². The van der Waals surface area contributed by atoms with E-state index in [1.54, 1.807) is 12.4 Å². The lowest BCUT2D eigenvalue weighted by Crippen LogP contribution is -2.43. The van der Waals surface area contributed by atoms with Crippen LogP contribution in [0.25, 0.3) is 11.2 Å². The molecule has 2 fully saturated rings. The van der Waals surface area contributed by atoms with Gasteiger partial charge in [0.2, 0.25) is 5.91 Å². The Balaban J connectivity index is 1.17. The van der Waals surface area contributed by atoms with Crippen LogP contribution in [-0.4, -0.2) is 60.3 Å². The normalized spacial score (nSPS) is 19.2. The van der Waals surface area contributed by atoms with Crippen LogP contribution in [0.5, 0.6) is 0 Å². The molecule has 1 aromatic carbocycles. The average Bonchev–Trinajstić information content (AvgIpc) is 2.88. The van der Waals surface area contributed by atoms with Crippen LogP contribution < -0.4 is 15.1 Å². The maximum Gasteiger partial charge on any atom is 0.225 e. The lowest BCUT2D eigenvalue weighted by molar-refractivity contribution is -0.125. The number of ether oxygens (including phenoxy) is 1. The van der Waals surface area contributed by atoms with Crippen molar-refractivity contribution in [2.24, 2.45) is 5.92 Å². The van der Waals surface area contributed by atoms with Crippen molar-refractivity contribution >= 4 is 28.4 Å². The number of nitrogens with one attached hydrogen (secondary N) is 1. The molecule has 5 rings (SSSR count). The van der Waals surface area contributed by atoms with E-state index in [0.717, 1.165) is 62.5 Å². The number of pyridine rings is 1. The molecule has 4 heterocycles. The quantitative estimate of drug-likeness (QED) is 0.663. The molecule has 0 saturated carbocycles. The highest BCUT2D eigenvalue weighted by molar-refractivity contribution is 5.80. The summed E-state index contributed by atoms with van der Waals surface area (Å²) in [5, 5.41) is 3.13. The highest BCUT2D eigenvalue weighted by Gasteiger charge is 2.26. The summed E-state index contributed by atoms with van der Waals surface area (Å²) in [5.74, 6) is 0.0782. The number of benzene rings is 1. The first kappa shape index (κ1) is 20.6. The molecule has 1 unspecified atom stereocenters. The SMILES string of the molecule is O=C(NCc1ccc(N2CCOCC2)cc1)C1CCCN(c2cnc3nccnc3c2)C1. The van der Waals surface area contributed by atoms with Gasteiger partial charge in [-0.3, -0.25) is 9.78 Å². The van der Waals surface area contributed by atoms with Gasteiger partial charge in [-0.05, 0) is 36.6 Å². The third-order valence-electron chi connectivity index (χ3n) is 6.25. The Morgan fingerprint density at radius 1 is 1.00 bits per heavy atom. The van der Waals surface area contributed by atoms with Gasteiger partial charge in [0, 0.05) is 50.8 Å². The van der Waals surface area contributed by atoms with Crippen molar-refractivity contribution in [1.82, 2.24) is 20.3 Å². The van der Waals surface area contributed by atoms with E-state index < -0.39 is 0 Å². The molecular weight excluding hydrogens is 404 g/mol. The fraction of sp³-hybridized carbons (Fsp3) is 0.417. The van der Waals surface area contributed by atoms with Crippen molar-refractivity contribution in [3.05, 3.63) is 54.5 Å². The van der Waals surface area contributed by atoms with Gasteiger partial charge < -0.3 is 19.9 Å². The van der Waals surface area contributed by atoms with Gasteiger partial charge in [-0.15, -0.1) is 0 Å². The summed E-state index contributed by atoms with van der Waals surface area (Å²) in [4.78, 5) is 30.4. The number of nitrogens with zero attached hydrogens (tertiary/aromatic N) is 5. The molecule has 2 aliphatic heterocycles. The number of rotatable bonds is 5. The summed E-state index contributed by atoms with van der Waals surface area (Å²) < 4.78 is 5.42. The molecule has 0 radical (unpaired) electrons. The number of amides is 1. The Kier molecular flexibility index (Phi) is 6.11. The molecule has 0 aliphatic carbocycles. The van der Waals surface area contributed by atoms with Crippen LogP contribution >= 0.6 is 0 Å². The number of piperidine rings is 1. The predicted octanol–water partition coefficient (Wildman–Crippen LogP) is 2.39. The molecule has 2 aromatic heterocycles. The predicted molar refractivity (Wildman–Crippen MR) is 124 cm³/mol. The summed E-state index contributed by atoms with van der Waals surface area (Å²) >= 11 is 0. The van der Waals surface area contributed by atoms with Crippen LogP contribution in [-0.2, 0) is 16.1 Å². The van der Waals surface area contributed by atoms with E-state index in [-0.39, 0.29) is 11.8 Å². The molecule has 2 saturated heterocycles. The molecular formula is C24H28N6O2. The second kappa shape index (κ2) is 9.48. The van der Waals surface area contributed by atoms with Crippen LogP contribution in [0.15, 0.2) is 48.9 Å². The highest BCUT2D eigenvalue weighted by atomic mass is 16.5. The van der Waals surface area contributed by atoms with E-state index in [4.69, 9.17) is 4.74 Å². The fourth-order valence-electron chi connectivity index (χ4n) is 4.43. The van der Waals surface area contributed by atoms with Crippen molar-refractivity contribution in [3.63, 3.8) is 0 Å². The lowest BCUT2D eigenvalue weighted by atomic mass is 9.96. The van der Waals surface area contributed by atoms with Crippen LogP contribution in [0.2, 0.25) is 0 Å². The second-order valence-corrected chi connectivity index (χ2v) is 8.36. The Bertz CT molecular complexity index is 1070. The van der Waals surface area contributed by atoms with Gasteiger partial charge in [-0.1, -0.05) is 12.1 Å². The number of hydrogen-bond donors (Lipinski definition) is 1. The molecule has 166 valence electrons. The van der Waals surface area contributed by atoms with Gasteiger partial charge in [0.25, 0.3) is 0 Å². The van der Waals surface area contributed by atoms with Crippen molar-refractivity contribution in [2.75, 3.05) is 49.2 Å². The zero-order valence-electron chi connectivity index (χ0n) is 18.1. The van der Waals surface area contributed by atoms with E-state index in [1.807, 2.05) is 12.3 Å². The van der Waals surface area contributed by atoms with Crippen molar-refractivity contribution < 1.29 is 9.53 Å². The molecule has 1 atom stereocenters. The lowest BCUT2D eigenvalue weighted by Gasteiger charge is -2.33. The maximum atomic E-state index is 12.9. The van der Waals surface area contributed by atoms with E-state index in [1.165, 1.54) is 5.69 Å². The van der Waals surface area contributed by atoms with E-state index in [0.29, 0.717) is 18.7 Å². The summed E-state index contributed by atoms with van der Waals surface area (Å²) in [6.45, 7) is 5.56. The van der Waals surface area contributed by atoms with Crippen LogP contribution in [0.4, 0.5) is 11.4 Å². The minimum absolute atomic E-state index is 0.0334. The van der Waals surface area contributed by atoms with E-state index >= 15 is 0 Å². The minimum Gasteiger partial charge on any atom is -0.378 e. The fourth-order valence-corrected chi connectivity index (χ4v) is 4.43. The number of carbonyl (C=O) groups is 1. The largest absolute Gasteiger partial charge is 0.378 e. The molecule has 0 spiro atoms. The Hall–Kier alpha value is -3.26. The van der Waals surface area contributed by atoms with Gasteiger partial charge in [0.15, 0.2) is 5.65 Å². The van der Waals surface area contributed by atoms with Crippen molar-refractivity contribution in [3.8, 4) is 0 Å². The number of anilines is 2. The summed E-state index contributed by atoms with van der Waals surface area (Å²) in [7, 11) is 0. The van der Waals surface area contributed by atoms with Crippen molar-refractivity contribution in [2.45, 2.75) is 19.4 Å². The number of hydrogen-bond acceptors (Lipinski definition) is 7. The minimum atomic E-state index is -0.0334. The standard InChI is InChI=1S/C24H28N6O2/c31-24(28-15-18-3-5-20(6-4-18)29-10-12-32-13-11-29)19-2-1-9-30(17-19)21-14-22-23(27-16-21)26-8-7-25-22/h3-8,14,16,19H,1-2,9-13,15,17H2,(H,28,31). The van der Waals surface area contributed by atoms with Crippen LogP contribution in [0.3, 0.4) is 0 Å².